The summed E-state index contributed by atoms with van der Waals surface area (Å²) in [5.74, 6) is -0.977. The van der Waals surface area contributed by atoms with Crippen LogP contribution in [0.4, 0.5) is 17.1 Å². The number of ether oxygens (including phenoxy) is 1. The lowest BCUT2D eigenvalue weighted by Crippen LogP contribution is -2.24. The molecule has 0 atom stereocenters. The van der Waals surface area contributed by atoms with Crippen molar-refractivity contribution < 1.29 is 19.6 Å². The van der Waals surface area contributed by atoms with Crippen LogP contribution >= 0.6 is 11.6 Å². The van der Waals surface area contributed by atoms with Gasteiger partial charge < -0.3 is 9.84 Å². The van der Waals surface area contributed by atoms with Crippen molar-refractivity contribution in [2.24, 2.45) is 10.2 Å². The number of carbonyl (C=O) groups is 1. The summed E-state index contributed by atoms with van der Waals surface area (Å²) < 4.78 is 5.80. The molecule has 152 valence electrons. The average Bonchev–Trinajstić information content (AvgIpc) is 2.69. The predicted molar refractivity (Wildman–Crippen MR) is 105 cm³/mol. The summed E-state index contributed by atoms with van der Waals surface area (Å²) in [6.45, 7) is 6.08. The molecule has 0 saturated carbocycles. The van der Waals surface area contributed by atoms with Crippen LogP contribution in [0.5, 0.6) is 5.88 Å². The lowest BCUT2D eigenvalue weighted by atomic mass is 10.1. The first kappa shape index (κ1) is 21.8. The van der Waals surface area contributed by atoms with Crippen LogP contribution < -0.4 is 5.56 Å². The van der Waals surface area contributed by atoms with Crippen LogP contribution in [-0.4, -0.2) is 27.2 Å². The van der Waals surface area contributed by atoms with E-state index in [0.29, 0.717) is 11.1 Å². The first-order valence-electron chi connectivity index (χ1n) is 8.25. The quantitative estimate of drug-likeness (QED) is 0.237. The zero-order valence-electron chi connectivity index (χ0n) is 15.6. The van der Waals surface area contributed by atoms with Gasteiger partial charge >= 0.3 is 5.97 Å². The molecule has 0 amide bonds. The Bertz CT molecular complexity index is 1080. The SMILES string of the molecule is C=CC(=O)OCCn1c(O)c(C)c(C)c(N=Nc2ccc(Cl)cc2[N+](=O)[O-])c1=O. The van der Waals surface area contributed by atoms with E-state index in [0.717, 1.165) is 16.7 Å². The number of azo groups is 1. The predicted octanol–water partition coefficient (Wildman–Crippen LogP) is 3.88. The van der Waals surface area contributed by atoms with Crippen molar-refractivity contribution in [2.75, 3.05) is 6.61 Å². The Balaban J connectivity index is 2.47. The topological polar surface area (TPSA) is 136 Å². The Kier molecular flexibility index (Phi) is 6.84. The Hall–Kier alpha value is -3.53. The Morgan fingerprint density at radius 2 is 2.07 bits per heavy atom. The summed E-state index contributed by atoms with van der Waals surface area (Å²) in [7, 11) is 0. The van der Waals surface area contributed by atoms with E-state index in [1.165, 1.54) is 12.1 Å². The molecule has 0 aliphatic heterocycles. The van der Waals surface area contributed by atoms with Crippen molar-refractivity contribution in [2.45, 2.75) is 20.4 Å². The Labute approximate surface area is 169 Å². The summed E-state index contributed by atoms with van der Waals surface area (Å²) >= 11 is 5.77. The van der Waals surface area contributed by atoms with Gasteiger partial charge in [0.05, 0.1) is 11.5 Å². The maximum absolute atomic E-state index is 12.7. The average molecular weight is 421 g/mol. The number of rotatable bonds is 7. The van der Waals surface area contributed by atoms with Gasteiger partial charge in [-0.15, -0.1) is 10.2 Å². The third-order valence-electron chi connectivity index (χ3n) is 4.07. The fourth-order valence-electron chi connectivity index (χ4n) is 2.39. The third-order valence-corrected chi connectivity index (χ3v) is 4.31. The number of aromatic hydroxyl groups is 1. The van der Waals surface area contributed by atoms with Gasteiger partial charge in [0.15, 0.2) is 17.3 Å². The van der Waals surface area contributed by atoms with Crippen LogP contribution in [0.2, 0.25) is 5.02 Å². The van der Waals surface area contributed by atoms with Gasteiger partial charge in [0, 0.05) is 22.7 Å². The van der Waals surface area contributed by atoms with Crippen LogP contribution in [-0.2, 0) is 16.1 Å². The van der Waals surface area contributed by atoms with Crippen LogP contribution in [0, 0.1) is 24.0 Å². The first-order valence-corrected chi connectivity index (χ1v) is 8.63. The molecule has 1 N–H and O–H groups in total. The number of benzene rings is 1. The molecule has 10 nitrogen and oxygen atoms in total. The highest BCUT2D eigenvalue weighted by Crippen LogP contribution is 2.32. The van der Waals surface area contributed by atoms with Crippen molar-refractivity contribution in [3.8, 4) is 5.88 Å². The highest BCUT2D eigenvalue weighted by atomic mass is 35.5. The maximum atomic E-state index is 12.7. The van der Waals surface area contributed by atoms with Gasteiger partial charge in [-0.1, -0.05) is 18.2 Å². The third kappa shape index (κ3) is 4.85. The standard InChI is InChI=1S/C18H17ClN4O6/c1-4-15(24)29-8-7-22-17(25)11(3)10(2)16(18(22)26)21-20-13-6-5-12(19)9-14(13)23(27)28/h4-6,9,25H,1,7-8H2,2-3H3. The van der Waals surface area contributed by atoms with Gasteiger partial charge in [0.1, 0.15) is 6.61 Å². The molecule has 0 unspecified atom stereocenters. The van der Waals surface area contributed by atoms with Crippen LogP contribution in [0.3, 0.4) is 0 Å². The molecular weight excluding hydrogens is 404 g/mol. The molecule has 0 spiro atoms. The normalized spacial score (nSPS) is 10.9. The molecule has 0 bridgehead atoms. The molecule has 1 heterocycles. The van der Waals surface area contributed by atoms with Crippen molar-refractivity contribution >= 4 is 34.6 Å². The minimum atomic E-state index is -0.694. The fraction of sp³-hybridized carbons (Fsp3) is 0.222. The van der Waals surface area contributed by atoms with Crippen LogP contribution in [0.1, 0.15) is 11.1 Å². The largest absolute Gasteiger partial charge is 0.494 e. The molecule has 0 radical (unpaired) electrons. The van der Waals surface area contributed by atoms with E-state index < -0.39 is 16.5 Å². The molecule has 0 aliphatic rings. The smallest absolute Gasteiger partial charge is 0.330 e. The summed E-state index contributed by atoms with van der Waals surface area (Å²) in [4.78, 5) is 34.4. The Morgan fingerprint density at radius 3 is 2.69 bits per heavy atom. The minimum Gasteiger partial charge on any atom is -0.494 e. The Morgan fingerprint density at radius 1 is 1.38 bits per heavy atom. The lowest BCUT2D eigenvalue weighted by molar-refractivity contribution is -0.384. The fourth-order valence-corrected chi connectivity index (χ4v) is 2.55. The second-order valence-electron chi connectivity index (χ2n) is 5.84. The van der Waals surface area contributed by atoms with Crippen molar-refractivity contribution in [3.63, 3.8) is 0 Å². The molecular formula is C18H17ClN4O6. The summed E-state index contributed by atoms with van der Waals surface area (Å²) in [6.07, 6.45) is 0.974. The number of aromatic nitrogens is 1. The molecule has 0 fully saturated rings. The monoisotopic (exact) mass is 420 g/mol. The number of halogens is 1. The van der Waals surface area contributed by atoms with Gasteiger partial charge in [-0.3, -0.25) is 19.5 Å². The van der Waals surface area contributed by atoms with Gasteiger partial charge in [-0.25, -0.2) is 4.79 Å². The molecule has 11 heteroatoms. The number of nitrogens with zero attached hydrogens (tertiary/aromatic N) is 4. The molecule has 2 rings (SSSR count). The van der Waals surface area contributed by atoms with Crippen LogP contribution in [0.25, 0.3) is 0 Å². The molecule has 0 aliphatic carbocycles. The number of pyridine rings is 1. The van der Waals surface area contributed by atoms with E-state index in [4.69, 9.17) is 16.3 Å². The van der Waals surface area contributed by atoms with E-state index in [9.17, 15) is 24.8 Å². The van der Waals surface area contributed by atoms with Gasteiger partial charge in [0.25, 0.3) is 11.2 Å². The van der Waals surface area contributed by atoms with Crippen molar-refractivity contribution in [1.29, 1.82) is 0 Å². The van der Waals surface area contributed by atoms with E-state index in [-0.39, 0.29) is 41.1 Å². The van der Waals surface area contributed by atoms with Gasteiger partial charge in [-0.05, 0) is 31.5 Å². The second kappa shape index (κ2) is 9.11. The molecule has 1 aromatic carbocycles. The number of carbonyl (C=O) groups excluding carboxylic acids is 1. The summed E-state index contributed by atoms with van der Waals surface area (Å²) in [5.41, 5.74) is -0.548. The van der Waals surface area contributed by atoms with E-state index in [1.54, 1.807) is 13.8 Å². The van der Waals surface area contributed by atoms with Crippen LogP contribution in [0.15, 0.2) is 45.9 Å². The molecule has 0 saturated heterocycles. The first-order chi connectivity index (χ1) is 13.7. The zero-order chi connectivity index (χ0) is 21.7. The maximum Gasteiger partial charge on any atom is 0.330 e. The van der Waals surface area contributed by atoms with Crippen molar-refractivity contribution in [3.05, 3.63) is 67.5 Å². The van der Waals surface area contributed by atoms with Crippen molar-refractivity contribution in [1.82, 2.24) is 4.57 Å². The van der Waals surface area contributed by atoms with E-state index >= 15 is 0 Å². The number of hydrogen-bond donors (Lipinski definition) is 1. The highest BCUT2D eigenvalue weighted by molar-refractivity contribution is 6.30. The lowest BCUT2D eigenvalue weighted by Gasteiger charge is -2.14. The van der Waals surface area contributed by atoms with Gasteiger partial charge in [-0.2, -0.15) is 0 Å². The number of nitro groups is 1. The molecule has 2 aromatic rings. The van der Waals surface area contributed by atoms with E-state index in [2.05, 4.69) is 16.8 Å². The minimum absolute atomic E-state index is 0.0876. The number of hydrogen-bond acceptors (Lipinski definition) is 8. The molecule has 1 aromatic heterocycles. The number of esters is 1. The second-order valence-corrected chi connectivity index (χ2v) is 6.28. The highest BCUT2D eigenvalue weighted by Gasteiger charge is 2.18. The van der Waals surface area contributed by atoms with E-state index in [1.807, 2.05) is 0 Å². The van der Waals surface area contributed by atoms with Gasteiger partial charge in [0.2, 0.25) is 0 Å². The zero-order valence-corrected chi connectivity index (χ0v) is 16.3. The number of nitro benzene ring substituents is 1. The summed E-state index contributed by atoms with van der Waals surface area (Å²) in [6, 6.07) is 3.83. The molecule has 29 heavy (non-hydrogen) atoms. The summed E-state index contributed by atoms with van der Waals surface area (Å²) in [5, 5.41) is 29.3.